The van der Waals surface area contributed by atoms with Crippen LogP contribution < -0.4 is 19.0 Å². The van der Waals surface area contributed by atoms with Crippen LogP contribution in [0.2, 0.25) is 0 Å². The molecule has 1 heterocycles. The quantitative estimate of drug-likeness (QED) is 0.564. The Kier molecular flexibility index (Phi) is 6.16. The highest BCUT2D eigenvalue weighted by molar-refractivity contribution is 7.16. The topological polar surface area (TPSA) is 62.1 Å². The van der Waals surface area contributed by atoms with Gasteiger partial charge in [0.1, 0.15) is 17.2 Å². The second-order valence-electron chi connectivity index (χ2n) is 5.86. The zero-order valence-corrected chi connectivity index (χ0v) is 16.9. The minimum absolute atomic E-state index is 0.369. The van der Waals surface area contributed by atoms with Crippen molar-refractivity contribution in [2.24, 2.45) is 4.99 Å². The third kappa shape index (κ3) is 4.09. The van der Waals surface area contributed by atoms with Crippen molar-refractivity contribution in [1.82, 2.24) is 4.57 Å². The van der Waals surface area contributed by atoms with Crippen molar-refractivity contribution in [3.05, 3.63) is 59.4 Å². The van der Waals surface area contributed by atoms with Crippen molar-refractivity contribution >= 4 is 27.5 Å². The van der Waals surface area contributed by atoms with Crippen LogP contribution in [0.4, 0.5) is 0 Å². The van der Waals surface area contributed by atoms with Crippen LogP contribution in [0.3, 0.4) is 0 Å². The zero-order chi connectivity index (χ0) is 20.1. The largest absolute Gasteiger partial charge is 0.497 e. The van der Waals surface area contributed by atoms with Gasteiger partial charge in [0.2, 0.25) is 0 Å². The smallest absolute Gasteiger partial charge is 0.279 e. The summed E-state index contributed by atoms with van der Waals surface area (Å²) in [5.74, 6) is 1.49. The summed E-state index contributed by atoms with van der Waals surface area (Å²) in [6.07, 6.45) is 1.78. The number of carbonyl (C=O) groups is 1. The van der Waals surface area contributed by atoms with Crippen molar-refractivity contribution in [2.75, 3.05) is 20.8 Å². The van der Waals surface area contributed by atoms with Gasteiger partial charge in [-0.3, -0.25) is 4.79 Å². The number of hydrogen-bond donors (Lipinski definition) is 0. The van der Waals surface area contributed by atoms with Crippen LogP contribution in [0.5, 0.6) is 17.2 Å². The minimum Gasteiger partial charge on any atom is -0.497 e. The van der Waals surface area contributed by atoms with Crippen molar-refractivity contribution in [1.29, 1.82) is 0 Å². The van der Waals surface area contributed by atoms with Gasteiger partial charge in [0.05, 0.1) is 31.0 Å². The summed E-state index contributed by atoms with van der Waals surface area (Å²) in [7, 11) is 3.08. The minimum atomic E-state index is -0.369. The Morgan fingerprint density at radius 1 is 1.14 bits per heavy atom. The predicted octanol–water partition coefficient (Wildman–Crippen LogP) is 4.05. The van der Waals surface area contributed by atoms with Gasteiger partial charge < -0.3 is 18.8 Å². The molecule has 0 aliphatic heterocycles. The van der Waals surface area contributed by atoms with Gasteiger partial charge in [-0.25, -0.2) is 0 Å². The molecule has 0 N–H and O–H groups in total. The monoisotopic (exact) mass is 398 g/mol. The molecule has 0 atom stereocenters. The van der Waals surface area contributed by atoms with Crippen molar-refractivity contribution in [3.8, 4) is 17.2 Å². The molecule has 6 nitrogen and oxygen atoms in total. The van der Waals surface area contributed by atoms with Gasteiger partial charge in [0.25, 0.3) is 5.91 Å². The molecular weight excluding hydrogens is 376 g/mol. The summed E-state index contributed by atoms with van der Waals surface area (Å²) in [4.78, 5) is 17.8. The molecule has 1 aromatic heterocycles. The third-order valence-electron chi connectivity index (χ3n) is 4.07. The van der Waals surface area contributed by atoms with E-state index in [2.05, 4.69) is 11.6 Å². The Morgan fingerprint density at radius 2 is 1.86 bits per heavy atom. The normalized spacial score (nSPS) is 11.5. The Balaban J connectivity index is 2.10. The molecule has 3 aromatic rings. The fourth-order valence-electron chi connectivity index (χ4n) is 2.78. The maximum absolute atomic E-state index is 12.8. The zero-order valence-electron chi connectivity index (χ0n) is 16.1. The molecule has 3 rings (SSSR count). The number of benzene rings is 2. The average molecular weight is 398 g/mol. The Labute approximate surface area is 167 Å². The van der Waals surface area contributed by atoms with E-state index in [0.717, 1.165) is 16.0 Å². The number of hydrogen-bond acceptors (Lipinski definition) is 5. The predicted molar refractivity (Wildman–Crippen MR) is 111 cm³/mol. The van der Waals surface area contributed by atoms with Gasteiger partial charge in [0.15, 0.2) is 4.80 Å². The van der Waals surface area contributed by atoms with Crippen LogP contribution in [0.1, 0.15) is 17.3 Å². The number of methoxy groups -OCH3 is 2. The molecule has 28 heavy (non-hydrogen) atoms. The van der Waals surface area contributed by atoms with Gasteiger partial charge in [-0.05, 0) is 37.3 Å². The molecule has 7 heteroatoms. The summed E-state index contributed by atoms with van der Waals surface area (Å²) in [5, 5.41) is 0. The van der Waals surface area contributed by atoms with E-state index in [9.17, 15) is 4.79 Å². The SMILES string of the molecule is C=CCn1c(=NC(=O)c2cc(OC)cc(OC)c2)sc2cc(OCC)ccc21. The van der Waals surface area contributed by atoms with Crippen LogP contribution in [-0.4, -0.2) is 31.3 Å². The molecule has 146 valence electrons. The van der Waals surface area contributed by atoms with Gasteiger partial charge in [-0.15, -0.1) is 6.58 Å². The van der Waals surface area contributed by atoms with Crippen LogP contribution in [-0.2, 0) is 6.54 Å². The fourth-order valence-corrected chi connectivity index (χ4v) is 3.85. The number of aromatic nitrogens is 1. The highest BCUT2D eigenvalue weighted by Gasteiger charge is 2.12. The van der Waals surface area contributed by atoms with Crippen LogP contribution >= 0.6 is 11.3 Å². The maximum atomic E-state index is 12.8. The Morgan fingerprint density at radius 3 is 2.46 bits per heavy atom. The first-order chi connectivity index (χ1) is 13.6. The summed E-state index contributed by atoms with van der Waals surface area (Å²) in [5.41, 5.74) is 1.37. The molecule has 2 aromatic carbocycles. The first kappa shape index (κ1) is 19.7. The Bertz CT molecular complexity index is 1060. The molecule has 0 spiro atoms. The molecule has 0 aliphatic carbocycles. The number of amides is 1. The summed E-state index contributed by atoms with van der Waals surface area (Å²) in [6.45, 7) is 6.89. The van der Waals surface area contributed by atoms with E-state index in [1.54, 1.807) is 38.5 Å². The maximum Gasteiger partial charge on any atom is 0.279 e. The van der Waals surface area contributed by atoms with E-state index in [0.29, 0.717) is 35.0 Å². The molecule has 0 fully saturated rings. The Hall–Kier alpha value is -3.06. The number of fused-ring (bicyclic) bond motifs is 1. The van der Waals surface area contributed by atoms with Crippen molar-refractivity contribution < 1.29 is 19.0 Å². The van der Waals surface area contributed by atoms with E-state index in [1.165, 1.54) is 11.3 Å². The number of carbonyl (C=O) groups excluding carboxylic acids is 1. The van der Waals surface area contributed by atoms with Gasteiger partial charge in [-0.2, -0.15) is 4.99 Å². The highest BCUT2D eigenvalue weighted by atomic mass is 32.1. The lowest BCUT2D eigenvalue weighted by Gasteiger charge is -2.06. The van der Waals surface area contributed by atoms with Crippen LogP contribution in [0, 0.1) is 0 Å². The van der Waals surface area contributed by atoms with Crippen LogP contribution in [0.15, 0.2) is 54.0 Å². The first-order valence-electron chi connectivity index (χ1n) is 8.78. The first-order valence-corrected chi connectivity index (χ1v) is 9.60. The third-order valence-corrected chi connectivity index (χ3v) is 5.11. The average Bonchev–Trinajstić information content (AvgIpc) is 3.04. The molecule has 0 aliphatic rings. The second kappa shape index (κ2) is 8.75. The lowest BCUT2D eigenvalue weighted by Crippen LogP contribution is -2.16. The molecule has 0 saturated carbocycles. The lowest BCUT2D eigenvalue weighted by atomic mass is 10.2. The summed E-state index contributed by atoms with van der Waals surface area (Å²) in [6, 6.07) is 10.8. The molecule has 1 amide bonds. The lowest BCUT2D eigenvalue weighted by molar-refractivity contribution is 0.0997. The highest BCUT2D eigenvalue weighted by Crippen LogP contribution is 2.25. The van der Waals surface area contributed by atoms with E-state index in [4.69, 9.17) is 14.2 Å². The molecule has 0 bridgehead atoms. The number of nitrogens with zero attached hydrogens (tertiary/aromatic N) is 2. The molecule has 0 saturated heterocycles. The second-order valence-corrected chi connectivity index (χ2v) is 6.87. The molecule has 0 unspecified atom stereocenters. The van der Waals surface area contributed by atoms with Crippen LogP contribution in [0.25, 0.3) is 10.2 Å². The number of ether oxygens (including phenoxy) is 3. The number of allylic oxidation sites excluding steroid dienone is 1. The van der Waals surface area contributed by atoms with Crippen molar-refractivity contribution in [3.63, 3.8) is 0 Å². The standard InChI is InChI=1S/C21H22N2O4S/c1-5-9-23-18-8-7-15(27-6-2)13-19(18)28-21(23)22-20(24)14-10-16(25-3)12-17(11-14)26-4/h5,7-8,10-13H,1,6,9H2,2-4H3. The van der Waals surface area contributed by atoms with E-state index in [1.807, 2.05) is 29.7 Å². The van der Waals surface area contributed by atoms with Gasteiger partial charge in [-0.1, -0.05) is 17.4 Å². The fraction of sp³-hybridized carbons (Fsp3) is 0.238. The van der Waals surface area contributed by atoms with E-state index < -0.39 is 0 Å². The molecule has 0 radical (unpaired) electrons. The van der Waals surface area contributed by atoms with E-state index >= 15 is 0 Å². The molecular formula is C21H22N2O4S. The van der Waals surface area contributed by atoms with Gasteiger partial charge in [0, 0.05) is 18.2 Å². The van der Waals surface area contributed by atoms with Gasteiger partial charge >= 0.3 is 0 Å². The summed E-state index contributed by atoms with van der Waals surface area (Å²) < 4.78 is 19.0. The number of rotatable bonds is 7. The van der Waals surface area contributed by atoms with E-state index in [-0.39, 0.29) is 5.91 Å². The van der Waals surface area contributed by atoms with Crippen molar-refractivity contribution in [2.45, 2.75) is 13.5 Å². The number of thiazole rings is 1. The summed E-state index contributed by atoms with van der Waals surface area (Å²) >= 11 is 1.43.